The average Bonchev–Trinajstić information content (AvgIpc) is 3.56. The highest BCUT2D eigenvalue weighted by Gasteiger charge is 2.36. The molecule has 7 rings (SSSR count). The fraction of sp³-hybridized carbons (Fsp3) is 0.417. The smallest absolute Gasteiger partial charge is 0.137 e. The van der Waals surface area contributed by atoms with Gasteiger partial charge in [-0.3, -0.25) is 4.57 Å². The van der Waals surface area contributed by atoms with Crippen LogP contribution in [0.1, 0.15) is 110 Å². The molecule has 1 aliphatic carbocycles. The molecule has 6 aromatic rings. The van der Waals surface area contributed by atoms with Gasteiger partial charge in [0.1, 0.15) is 17.3 Å². The van der Waals surface area contributed by atoms with Gasteiger partial charge in [0.05, 0.1) is 22.4 Å². The second-order valence-corrected chi connectivity index (χ2v) is 18.3. The molecule has 0 aliphatic heterocycles. The lowest BCUT2D eigenvalue weighted by molar-refractivity contribution is 0.224. The molecule has 0 saturated heterocycles. The summed E-state index contributed by atoms with van der Waals surface area (Å²) in [5.41, 5.74) is 11.1. The number of allylic oxidation sites excluding steroid dienone is 2. The number of nitrogens with zero attached hydrogens (tertiary/aromatic N) is 4. The van der Waals surface area contributed by atoms with E-state index in [1.807, 2.05) is 6.20 Å². The molecule has 5 nitrogen and oxygen atoms in total. The predicted molar refractivity (Wildman–Crippen MR) is 222 cm³/mol. The van der Waals surface area contributed by atoms with Gasteiger partial charge in [-0.2, -0.15) is 5.10 Å². The quantitative estimate of drug-likeness (QED) is 0.155. The third-order valence-electron chi connectivity index (χ3n) is 11.5. The van der Waals surface area contributed by atoms with Gasteiger partial charge in [0.25, 0.3) is 0 Å². The Morgan fingerprint density at radius 2 is 1.57 bits per heavy atom. The highest BCUT2D eigenvalue weighted by Crippen LogP contribution is 2.47. The van der Waals surface area contributed by atoms with Gasteiger partial charge in [-0.05, 0) is 116 Å². The average molecular weight is 707 g/mol. The van der Waals surface area contributed by atoms with Crippen LogP contribution < -0.4 is 4.74 Å². The molecule has 0 saturated carbocycles. The van der Waals surface area contributed by atoms with Crippen LogP contribution in [0, 0.1) is 37.0 Å². The summed E-state index contributed by atoms with van der Waals surface area (Å²) in [6.07, 6.45) is 6.68. The Labute approximate surface area is 317 Å². The lowest BCUT2D eigenvalue weighted by Crippen LogP contribution is -2.28. The number of aryl methyl sites for hydroxylation is 1. The molecule has 0 bridgehead atoms. The van der Waals surface area contributed by atoms with Crippen LogP contribution in [0.25, 0.3) is 33.3 Å². The van der Waals surface area contributed by atoms with Gasteiger partial charge in [0.2, 0.25) is 0 Å². The highest BCUT2D eigenvalue weighted by atomic mass is 16.5. The highest BCUT2D eigenvalue weighted by molar-refractivity contribution is 6.09. The largest absolute Gasteiger partial charge is 0.457 e. The summed E-state index contributed by atoms with van der Waals surface area (Å²) in [7, 11) is 0. The van der Waals surface area contributed by atoms with E-state index in [1.54, 1.807) is 0 Å². The summed E-state index contributed by atoms with van der Waals surface area (Å²) in [5.74, 6) is 4.57. The standard InChI is InChI=1S/C48H58N4O/c1-29(2)21-34-19-20-49-44(24-34)51-42-16-14-13-15-40(42)41-18-17-38(28-43(41)51)53-39-26-36(48(10,11)12)25-37(27-39)52-33(6)46(32(5)50-52)45-30(3)22-35(23-31(45)4)47(7,8)9/h13-20,22,24-29,31,35,45H,21,23H2,1-12H3/t31-,35-,45?/m0/s1. The van der Waals surface area contributed by atoms with Gasteiger partial charge in [-0.25, -0.2) is 9.67 Å². The van der Waals surface area contributed by atoms with Crippen LogP contribution in [-0.2, 0) is 11.8 Å². The maximum Gasteiger partial charge on any atom is 0.137 e. The zero-order valence-corrected chi connectivity index (χ0v) is 34.0. The lowest BCUT2D eigenvalue weighted by Gasteiger charge is -2.39. The Morgan fingerprint density at radius 3 is 2.26 bits per heavy atom. The van der Waals surface area contributed by atoms with E-state index >= 15 is 0 Å². The molecule has 5 heteroatoms. The first-order chi connectivity index (χ1) is 25.0. The molecule has 0 amide bonds. The van der Waals surface area contributed by atoms with Gasteiger partial charge in [-0.1, -0.05) is 92.2 Å². The number of para-hydroxylation sites is 1. The first-order valence-corrected chi connectivity index (χ1v) is 19.6. The van der Waals surface area contributed by atoms with E-state index in [2.05, 4.69) is 171 Å². The predicted octanol–water partition coefficient (Wildman–Crippen LogP) is 13.0. The van der Waals surface area contributed by atoms with Gasteiger partial charge in [-0.15, -0.1) is 0 Å². The topological polar surface area (TPSA) is 44.9 Å². The molecule has 276 valence electrons. The van der Waals surface area contributed by atoms with Crippen molar-refractivity contribution in [1.82, 2.24) is 19.3 Å². The molecule has 0 N–H and O–H groups in total. The van der Waals surface area contributed by atoms with E-state index in [4.69, 9.17) is 14.8 Å². The Bertz CT molecular complexity index is 2340. The molecule has 3 aromatic heterocycles. The van der Waals surface area contributed by atoms with Gasteiger partial charge in [0.15, 0.2) is 0 Å². The molecular formula is C48H58N4O. The van der Waals surface area contributed by atoms with Crippen LogP contribution in [0.5, 0.6) is 11.5 Å². The molecular weight excluding hydrogens is 649 g/mol. The number of hydrogen-bond donors (Lipinski definition) is 0. The fourth-order valence-corrected chi connectivity index (χ4v) is 8.72. The van der Waals surface area contributed by atoms with Crippen LogP contribution in [0.3, 0.4) is 0 Å². The van der Waals surface area contributed by atoms with Crippen LogP contribution in [0.2, 0.25) is 0 Å². The number of ether oxygens (including phenoxy) is 1. The van der Waals surface area contributed by atoms with Crippen molar-refractivity contribution in [3.8, 4) is 23.0 Å². The fourth-order valence-electron chi connectivity index (χ4n) is 8.72. The summed E-state index contributed by atoms with van der Waals surface area (Å²) >= 11 is 0. The normalized spacial score (nSPS) is 18.3. The van der Waals surface area contributed by atoms with E-state index in [0.29, 0.717) is 23.7 Å². The molecule has 3 aromatic carbocycles. The maximum absolute atomic E-state index is 6.83. The third kappa shape index (κ3) is 7.07. The first kappa shape index (κ1) is 36.7. The molecule has 0 fully saturated rings. The summed E-state index contributed by atoms with van der Waals surface area (Å²) in [4.78, 5) is 4.87. The van der Waals surface area contributed by atoms with Gasteiger partial charge >= 0.3 is 0 Å². The van der Waals surface area contributed by atoms with Crippen molar-refractivity contribution >= 4 is 21.8 Å². The molecule has 1 unspecified atom stereocenters. The Hall–Kier alpha value is -4.64. The van der Waals surface area contributed by atoms with Crippen molar-refractivity contribution in [2.24, 2.45) is 23.2 Å². The Balaban J connectivity index is 1.31. The summed E-state index contributed by atoms with van der Waals surface area (Å²) in [6, 6.07) is 26.0. The summed E-state index contributed by atoms with van der Waals surface area (Å²) in [6.45, 7) is 27.6. The Kier molecular flexibility index (Phi) is 9.45. The van der Waals surface area contributed by atoms with Crippen molar-refractivity contribution in [3.63, 3.8) is 0 Å². The van der Waals surface area contributed by atoms with E-state index in [9.17, 15) is 0 Å². The van der Waals surface area contributed by atoms with Gasteiger partial charge < -0.3 is 4.74 Å². The minimum Gasteiger partial charge on any atom is -0.457 e. The van der Waals surface area contributed by atoms with Crippen molar-refractivity contribution < 1.29 is 4.74 Å². The van der Waals surface area contributed by atoms with Crippen LogP contribution in [0.15, 0.2) is 90.6 Å². The first-order valence-electron chi connectivity index (χ1n) is 19.6. The SMILES string of the molecule is CC1=C[C@H](C(C)(C)C)C[C@H](C)C1c1c(C)nn(-c2cc(Oc3ccc4c5ccccc5n(-c5cc(CC(C)C)ccn5)c4c3)cc(C(C)(C)C)c2)c1C. The van der Waals surface area contributed by atoms with Gasteiger partial charge in [0, 0.05) is 46.3 Å². The van der Waals surface area contributed by atoms with E-state index in [0.717, 1.165) is 46.2 Å². The number of fused-ring (bicyclic) bond motifs is 3. The van der Waals surface area contributed by atoms with Crippen LogP contribution >= 0.6 is 0 Å². The number of pyridine rings is 1. The number of aromatic nitrogens is 4. The van der Waals surface area contributed by atoms with E-state index < -0.39 is 0 Å². The minimum absolute atomic E-state index is 0.0880. The monoisotopic (exact) mass is 706 g/mol. The third-order valence-corrected chi connectivity index (χ3v) is 11.5. The lowest BCUT2D eigenvalue weighted by atomic mass is 9.65. The second-order valence-electron chi connectivity index (χ2n) is 18.3. The summed E-state index contributed by atoms with van der Waals surface area (Å²) in [5, 5.41) is 7.60. The number of rotatable bonds is 7. The molecule has 53 heavy (non-hydrogen) atoms. The zero-order valence-electron chi connectivity index (χ0n) is 34.0. The molecule has 3 heterocycles. The second kappa shape index (κ2) is 13.6. The molecule has 3 atom stereocenters. The van der Waals surface area contributed by atoms with Crippen molar-refractivity contribution in [2.45, 2.75) is 107 Å². The summed E-state index contributed by atoms with van der Waals surface area (Å²) < 4.78 is 11.3. The molecule has 1 aliphatic rings. The van der Waals surface area contributed by atoms with Crippen molar-refractivity contribution in [1.29, 1.82) is 0 Å². The minimum atomic E-state index is -0.0880. The van der Waals surface area contributed by atoms with Crippen LogP contribution in [-0.4, -0.2) is 19.3 Å². The Morgan fingerprint density at radius 1 is 0.830 bits per heavy atom. The molecule has 0 spiro atoms. The zero-order chi connectivity index (χ0) is 38.0. The number of benzene rings is 3. The van der Waals surface area contributed by atoms with Crippen molar-refractivity contribution in [2.75, 3.05) is 0 Å². The van der Waals surface area contributed by atoms with E-state index in [1.165, 1.54) is 45.2 Å². The van der Waals surface area contributed by atoms with E-state index in [-0.39, 0.29) is 10.8 Å². The molecule has 0 radical (unpaired) electrons. The van der Waals surface area contributed by atoms with Crippen LogP contribution in [0.4, 0.5) is 0 Å². The maximum atomic E-state index is 6.83. The van der Waals surface area contributed by atoms with Crippen molar-refractivity contribution in [3.05, 3.63) is 119 Å². The number of hydrogen-bond acceptors (Lipinski definition) is 3.